The van der Waals surface area contributed by atoms with Crippen LogP contribution in [-0.2, 0) is 30.2 Å². The van der Waals surface area contributed by atoms with Crippen molar-refractivity contribution < 1.29 is 52.7 Å². The van der Waals surface area contributed by atoms with Gasteiger partial charge in [-0.15, -0.1) is 0 Å². The third-order valence-electron chi connectivity index (χ3n) is 6.30. The molecule has 0 saturated carbocycles. The molecule has 0 fully saturated rings. The minimum Gasteiger partial charge on any atom is -0.477 e. The Labute approximate surface area is 241 Å². The fraction of sp³-hybridized carbons (Fsp3) is 0.655. The van der Waals surface area contributed by atoms with Crippen molar-refractivity contribution in [2.45, 2.75) is 124 Å². The molecule has 1 aromatic carbocycles. The Kier molecular flexibility index (Phi) is 12.9. The van der Waals surface area contributed by atoms with Crippen LogP contribution in [0.1, 0.15) is 94.1 Å². The van der Waals surface area contributed by atoms with Crippen LogP contribution in [0.4, 0.5) is 14.4 Å². The second-order valence-corrected chi connectivity index (χ2v) is 11.2. The quantitative estimate of drug-likeness (QED) is 0.108. The van der Waals surface area contributed by atoms with Crippen molar-refractivity contribution in [3.05, 3.63) is 23.8 Å². The Bertz CT molecular complexity index is 1070. The largest absolute Gasteiger partial charge is 0.514 e. The van der Waals surface area contributed by atoms with Gasteiger partial charge in [0.25, 0.3) is 5.72 Å². The molecule has 0 aromatic heterocycles. The van der Waals surface area contributed by atoms with Crippen LogP contribution in [0.2, 0.25) is 0 Å². The van der Waals surface area contributed by atoms with E-state index >= 15 is 0 Å². The number of hydrogen-bond donors (Lipinski definition) is 2. The van der Waals surface area contributed by atoms with Gasteiger partial charge in [0.15, 0.2) is 11.5 Å². The summed E-state index contributed by atoms with van der Waals surface area (Å²) in [5.41, 5.74) is -3.64. The van der Waals surface area contributed by atoms with Crippen molar-refractivity contribution in [1.29, 1.82) is 0 Å². The Hall–Kier alpha value is -3.54. The van der Waals surface area contributed by atoms with E-state index in [0.717, 1.165) is 0 Å². The Morgan fingerprint density at radius 3 is 1.76 bits per heavy atom. The highest BCUT2D eigenvalue weighted by atomic mass is 16.8. The molecule has 2 N–H and O–H groups in total. The minimum absolute atomic E-state index is 0.173. The van der Waals surface area contributed by atoms with Crippen LogP contribution in [0.5, 0.6) is 11.5 Å². The van der Waals surface area contributed by atoms with Gasteiger partial charge in [0, 0.05) is 12.5 Å². The lowest BCUT2D eigenvalue weighted by Gasteiger charge is -2.33. The summed E-state index contributed by atoms with van der Waals surface area (Å²) in [6.07, 6.45) is -2.70. The van der Waals surface area contributed by atoms with Crippen LogP contribution in [0.3, 0.4) is 0 Å². The second-order valence-electron chi connectivity index (χ2n) is 11.2. The molecule has 12 heteroatoms. The molecule has 0 saturated heterocycles. The SMILES string of the molecule is CCC(C)N[C@@](Cc1ccc(OC(=O)OC(C)(C)CC)c(OC(=O)OC(C)(C)CC)c1)(OC(=O)OC(C)C)C(=O)O. The van der Waals surface area contributed by atoms with Crippen LogP contribution < -0.4 is 14.8 Å². The molecule has 1 unspecified atom stereocenters. The number of carbonyl (C=O) groups excluding carboxylic acids is 3. The van der Waals surface area contributed by atoms with E-state index in [1.54, 1.807) is 48.5 Å². The fourth-order valence-electron chi connectivity index (χ4n) is 3.09. The molecular formula is C29H45NO11. The van der Waals surface area contributed by atoms with Gasteiger partial charge < -0.3 is 33.5 Å². The highest BCUT2D eigenvalue weighted by Crippen LogP contribution is 2.32. The molecule has 0 radical (unpaired) electrons. The zero-order valence-corrected chi connectivity index (χ0v) is 25.7. The predicted octanol–water partition coefficient (Wildman–Crippen LogP) is 6.37. The molecule has 0 spiro atoms. The number of aliphatic carboxylic acids is 1. The van der Waals surface area contributed by atoms with E-state index < -0.39 is 53.9 Å². The summed E-state index contributed by atoms with van der Waals surface area (Å²) in [5.74, 6) is -1.89. The van der Waals surface area contributed by atoms with E-state index in [4.69, 9.17) is 28.4 Å². The highest BCUT2D eigenvalue weighted by molar-refractivity contribution is 5.80. The number of carbonyl (C=O) groups is 4. The van der Waals surface area contributed by atoms with Crippen molar-refractivity contribution >= 4 is 24.4 Å². The van der Waals surface area contributed by atoms with Crippen molar-refractivity contribution in [2.24, 2.45) is 0 Å². The van der Waals surface area contributed by atoms with Gasteiger partial charge in [-0.05, 0) is 85.4 Å². The topological polar surface area (TPSA) is 156 Å². The lowest BCUT2D eigenvalue weighted by atomic mass is 10.00. The summed E-state index contributed by atoms with van der Waals surface area (Å²) in [6, 6.07) is 3.67. The Balaban J connectivity index is 3.53. The molecule has 0 heterocycles. The summed E-state index contributed by atoms with van der Waals surface area (Å²) in [4.78, 5) is 50.1. The van der Waals surface area contributed by atoms with Crippen LogP contribution in [-0.4, -0.2) is 58.6 Å². The van der Waals surface area contributed by atoms with Crippen LogP contribution >= 0.6 is 0 Å². The monoisotopic (exact) mass is 583 g/mol. The Morgan fingerprint density at radius 1 is 0.805 bits per heavy atom. The standard InChI is InChI=1S/C29H45NO11/c1-11-19(6)30-29(23(31)32,41-24(33)36-18(4)5)17-20-14-15-21(37-25(34)39-27(7,8)12-2)22(16-20)38-26(35)40-28(9,10)13-3/h14-16,18-19,30H,11-13,17H2,1-10H3,(H,31,32)/t19?,29-/m0/s1. The van der Waals surface area contributed by atoms with Crippen molar-refractivity contribution in [1.82, 2.24) is 5.32 Å². The van der Waals surface area contributed by atoms with E-state index in [1.807, 2.05) is 20.8 Å². The maximum absolute atomic E-state index is 12.6. The zero-order valence-electron chi connectivity index (χ0n) is 25.7. The van der Waals surface area contributed by atoms with Crippen LogP contribution in [0.25, 0.3) is 0 Å². The number of carboxylic acid groups (broad SMARTS) is 1. The number of rotatable bonds is 14. The van der Waals surface area contributed by atoms with E-state index in [1.165, 1.54) is 18.2 Å². The highest BCUT2D eigenvalue weighted by Gasteiger charge is 2.45. The molecule has 1 rings (SSSR count). The summed E-state index contributed by atoms with van der Waals surface area (Å²) < 4.78 is 31.8. The molecule has 0 aliphatic carbocycles. The van der Waals surface area contributed by atoms with Crippen molar-refractivity contribution in [3.63, 3.8) is 0 Å². The third kappa shape index (κ3) is 11.8. The second kappa shape index (κ2) is 14.9. The zero-order chi connectivity index (χ0) is 31.6. The molecule has 0 amide bonds. The van der Waals surface area contributed by atoms with Gasteiger partial charge in [-0.25, -0.2) is 19.2 Å². The van der Waals surface area contributed by atoms with E-state index in [2.05, 4.69) is 5.32 Å². The molecule has 232 valence electrons. The first-order chi connectivity index (χ1) is 18.9. The Morgan fingerprint density at radius 2 is 1.32 bits per heavy atom. The van der Waals surface area contributed by atoms with Gasteiger partial charge in [-0.2, -0.15) is 0 Å². The number of carboxylic acids is 1. The maximum atomic E-state index is 12.6. The van der Waals surface area contributed by atoms with Crippen LogP contribution in [0, 0.1) is 0 Å². The molecular weight excluding hydrogens is 538 g/mol. The fourth-order valence-corrected chi connectivity index (χ4v) is 3.09. The molecule has 2 atom stereocenters. The molecule has 12 nitrogen and oxygen atoms in total. The van der Waals surface area contributed by atoms with E-state index in [0.29, 0.717) is 19.3 Å². The summed E-state index contributed by atoms with van der Waals surface area (Å²) in [5, 5.41) is 13.1. The average Bonchev–Trinajstić information content (AvgIpc) is 2.84. The predicted molar refractivity (Wildman–Crippen MR) is 149 cm³/mol. The van der Waals surface area contributed by atoms with Gasteiger partial charge >= 0.3 is 24.4 Å². The van der Waals surface area contributed by atoms with Crippen molar-refractivity contribution in [2.75, 3.05) is 0 Å². The van der Waals surface area contributed by atoms with E-state index in [9.17, 15) is 24.3 Å². The summed E-state index contributed by atoms with van der Waals surface area (Å²) in [6.45, 7) is 17.2. The van der Waals surface area contributed by atoms with Gasteiger partial charge in [-0.3, -0.25) is 5.32 Å². The van der Waals surface area contributed by atoms with Crippen molar-refractivity contribution in [3.8, 4) is 11.5 Å². The number of ether oxygens (including phenoxy) is 6. The number of hydrogen-bond acceptors (Lipinski definition) is 11. The lowest BCUT2D eigenvalue weighted by Crippen LogP contribution is -2.59. The average molecular weight is 584 g/mol. The molecule has 0 aliphatic rings. The van der Waals surface area contributed by atoms with Gasteiger partial charge in [-0.1, -0.05) is 26.8 Å². The first kappa shape index (κ1) is 35.5. The summed E-state index contributed by atoms with van der Waals surface area (Å²) >= 11 is 0. The smallest absolute Gasteiger partial charge is 0.477 e. The lowest BCUT2D eigenvalue weighted by molar-refractivity contribution is -0.167. The molecule has 0 bridgehead atoms. The van der Waals surface area contributed by atoms with Gasteiger partial charge in [0.2, 0.25) is 0 Å². The van der Waals surface area contributed by atoms with Crippen LogP contribution in [0.15, 0.2) is 18.2 Å². The first-order valence-corrected chi connectivity index (χ1v) is 13.7. The summed E-state index contributed by atoms with van der Waals surface area (Å²) in [7, 11) is 0. The van der Waals surface area contributed by atoms with Gasteiger partial charge in [0.1, 0.15) is 11.2 Å². The first-order valence-electron chi connectivity index (χ1n) is 13.7. The molecule has 1 aromatic rings. The van der Waals surface area contributed by atoms with E-state index in [-0.39, 0.29) is 23.1 Å². The normalized spacial score (nSPS) is 13.9. The number of nitrogens with one attached hydrogen (secondary N) is 1. The molecule has 0 aliphatic heterocycles. The number of benzene rings is 1. The third-order valence-corrected chi connectivity index (χ3v) is 6.30. The minimum atomic E-state index is -2.24. The molecule has 41 heavy (non-hydrogen) atoms. The van der Waals surface area contributed by atoms with Gasteiger partial charge in [0.05, 0.1) is 6.10 Å². The maximum Gasteiger partial charge on any atom is 0.514 e.